The van der Waals surface area contributed by atoms with Crippen molar-refractivity contribution in [1.29, 1.82) is 0 Å². The molecule has 0 radical (unpaired) electrons. The van der Waals surface area contributed by atoms with Crippen molar-refractivity contribution in [3.8, 4) is 11.5 Å². The number of phenols is 1. The second-order valence-corrected chi connectivity index (χ2v) is 6.64. The number of fused-ring (bicyclic) bond motifs is 1. The summed E-state index contributed by atoms with van der Waals surface area (Å²) in [7, 11) is 1.69. The second-order valence-electron chi connectivity index (χ2n) is 6.64. The fourth-order valence-electron chi connectivity index (χ4n) is 3.76. The molecule has 0 atom stereocenters. The van der Waals surface area contributed by atoms with Gasteiger partial charge in [0.25, 0.3) is 0 Å². The molecule has 2 nitrogen and oxygen atoms in total. The van der Waals surface area contributed by atoms with Crippen LogP contribution < -0.4 is 4.74 Å². The summed E-state index contributed by atoms with van der Waals surface area (Å²) in [5, 5.41) is 9.68. The summed E-state index contributed by atoms with van der Waals surface area (Å²) in [6.07, 6.45) is 3.21. The van der Waals surface area contributed by atoms with Gasteiger partial charge in [-0.05, 0) is 76.9 Å². The zero-order valence-corrected chi connectivity index (χ0v) is 14.9. The molecule has 0 bridgehead atoms. The lowest BCUT2D eigenvalue weighted by atomic mass is 9.88. The van der Waals surface area contributed by atoms with Crippen LogP contribution in [0.4, 0.5) is 0 Å². The van der Waals surface area contributed by atoms with Crippen molar-refractivity contribution in [2.24, 2.45) is 0 Å². The van der Waals surface area contributed by atoms with Gasteiger partial charge in [0.1, 0.15) is 11.5 Å². The average Bonchev–Trinajstić information content (AvgIpc) is 2.88. The van der Waals surface area contributed by atoms with Crippen molar-refractivity contribution in [2.75, 3.05) is 7.11 Å². The molecule has 26 heavy (non-hydrogen) atoms. The van der Waals surface area contributed by atoms with E-state index in [9.17, 15) is 5.11 Å². The van der Waals surface area contributed by atoms with Crippen molar-refractivity contribution in [1.82, 2.24) is 0 Å². The van der Waals surface area contributed by atoms with E-state index in [1.165, 1.54) is 33.4 Å². The largest absolute Gasteiger partial charge is 0.508 e. The molecule has 3 aromatic rings. The van der Waals surface area contributed by atoms with Crippen molar-refractivity contribution in [3.05, 3.63) is 95.1 Å². The molecule has 0 saturated carbocycles. The first-order valence-corrected chi connectivity index (χ1v) is 9.01. The summed E-state index contributed by atoms with van der Waals surface area (Å²) in [5.74, 6) is 1.16. The lowest BCUT2D eigenvalue weighted by molar-refractivity contribution is 0.415. The monoisotopic (exact) mass is 342 g/mol. The van der Waals surface area contributed by atoms with Crippen LogP contribution in [0, 0.1) is 0 Å². The van der Waals surface area contributed by atoms with Gasteiger partial charge in [0, 0.05) is 0 Å². The van der Waals surface area contributed by atoms with E-state index in [4.69, 9.17) is 4.74 Å². The zero-order valence-electron chi connectivity index (χ0n) is 14.9. The maximum atomic E-state index is 9.68. The number of hydrogen-bond acceptors (Lipinski definition) is 2. The molecule has 0 unspecified atom stereocenters. The first-order chi connectivity index (χ1) is 12.8. The zero-order chi connectivity index (χ0) is 17.9. The van der Waals surface area contributed by atoms with Crippen LogP contribution in [-0.4, -0.2) is 12.2 Å². The Morgan fingerprint density at radius 2 is 1.46 bits per heavy atom. The molecule has 0 saturated heterocycles. The van der Waals surface area contributed by atoms with Gasteiger partial charge in [-0.2, -0.15) is 0 Å². The Balaban J connectivity index is 1.96. The summed E-state index contributed by atoms with van der Waals surface area (Å²) in [5.41, 5.74) is 7.69. The molecule has 3 aromatic carbocycles. The molecule has 1 aliphatic rings. The number of ether oxygens (including phenoxy) is 1. The maximum Gasteiger partial charge on any atom is 0.118 e. The topological polar surface area (TPSA) is 29.5 Å². The number of aryl methyl sites for hydroxylation is 1. The van der Waals surface area contributed by atoms with E-state index in [-0.39, 0.29) is 0 Å². The van der Waals surface area contributed by atoms with Crippen molar-refractivity contribution >= 4 is 11.1 Å². The van der Waals surface area contributed by atoms with Gasteiger partial charge in [0.2, 0.25) is 0 Å². The predicted octanol–water partition coefficient (Wildman–Crippen LogP) is 5.70. The predicted molar refractivity (Wildman–Crippen MR) is 106 cm³/mol. The number of aromatic hydroxyl groups is 1. The Morgan fingerprint density at radius 3 is 2.19 bits per heavy atom. The number of benzene rings is 3. The van der Waals surface area contributed by atoms with E-state index in [2.05, 4.69) is 36.4 Å². The van der Waals surface area contributed by atoms with Gasteiger partial charge in [0.15, 0.2) is 0 Å². The number of allylic oxidation sites excluding steroid dienone is 1. The van der Waals surface area contributed by atoms with Crippen LogP contribution in [0.3, 0.4) is 0 Å². The van der Waals surface area contributed by atoms with Crippen LogP contribution in [-0.2, 0) is 6.42 Å². The smallest absolute Gasteiger partial charge is 0.118 e. The van der Waals surface area contributed by atoms with Crippen LogP contribution in [0.1, 0.15) is 35.1 Å². The van der Waals surface area contributed by atoms with Gasteiger partial charge in [-0.1, -0.05) is 48.5 Å². The van der Waals surface area contributed by atoms with E-state index in [1.807, 2.05) is 24.3 Å². The molecule has 0 aromatic heterocycles. The molecule has 1 N–H and O–H groups in total. The Kier molecular flexibility index (Phi) is 4.49. The highest BCUT2D eigenvalue weighted by molar-refractivity contribution is 5.99. The molecule has 0 spiro atoms. The highest BCUT2D eigenvalue weighted by atomic mass is 16.5. The standard InChI is InChI=1S/C24H22O2/c1-26-21-15-11-19(12-16-21)24-22-7-3-2-5-17(22)6-4-8-23(24)18-9-13-20(25)14-10-18/h2-3,5,7,9-16,25H,4,6,8H2,1H3. The molecule has 0 aliphatic heterocycles. The summed E-state index contributed by atoms with van der Waals surface area (Å²) in [6.45, 7) is 0. The molecular formula is C24H22O2. The number of methoxy groups -OCH3 is 1. The molecular weight excluding hydrogens is 320 g/mol. The minimum absolute atomic E-state index is 0.300. The van der Waals surface area contributed by atoms with Crippen LogP contribution in [0.5, 0.6) is 11.5 Å². The van der Waals surface area contributed by atoms with E-state index < -0.39 is 0 Å². The Bertz CT molecular complexity index is 935. The Labute approximate surface area is 154 Å². The molecule has 4 rings (SSSR count). The first kappa shape index (κ1) is 16.5. The molecule has 2 heteroatoms. The average molecular weight is 342 g/mol. The molecule has 1 aliphatic carbocycles. The lowest BCUT2D eigenvalue weighted by Crippen LogP contribution is -1.96. The van der Waals surface area contributed by atoms with E-state index in [0.29, 0.717) is 5.75 Å². The molecule has 0 heterocycles. The van der Waals surface area contributed by atoms with E-state index in [0.717, 1.165) is 25.0 Å². The summed E-state index contributed by atoms with van der Waals surface area (Å²) in [6, 6.07) is 24.6. The third-order valence-electron chi connectivity index (χ3n) is 5.06. The van der Waals surface area contributed by atoms with Crippen LogP contribution in [0.2, 0.25) is 0 Å². The third-order valence-corrected chi connectivity index (χ3v) is 5.06. The Hall–Kier alpha value is -3.00. The maximum absolute atomic E-state index is 9.68. The van der Waals surface area contributed by atoms with Gasteiger partial charge < -0.3 is 9.84 Å². The van der Waals surface area contributed by atoms with E-state index in [1.54, 1.807) is 19.2 Å². The number of phenolic OH excluding ortho intramolecular Hbond substituents is 1. The van der Waals surface area contributed by atoms with Crippen molar-refractivity contribution in [3.63, 3.8) is 0 Å². The highest BCUT2D eigenvalue weighted by Gasteiger charge is 2.19. The summed E-state index contributed by atoms with van der Waals surface area (Å²) in [4.78, 5) is 0. The van der Waals surface area contributed by atoms with Crippen LogP contribution in [0.15, 0.2) is 72.8 Å². The van der Waals surface area contributed by atoms with Gasteiger partial charge in [0.05, 0.1) is 7.11 Å². The fraction of sp³-hybridized carbons (Fsp3) is 0.167. The quantitative estimate of drug-likeness (QED) is 0.662. The lowest BCUT2D eigenvalue weighted by Gasteiger charge is -2.17. The number of rotatable bonds is 3. The van der Waals surface area contributed by atoms with E-state index >= 15 is 0 Å². The first-order valence-electron chi connectivity index (χ1n) is 9.01. The van der Waals surface area contributed by atoms with Gasteiger partial charge >= 0.3 is 0 Å². The molecule has 0 fully saturated rings. The molecule has 0 amide bonds. The highest BCUT2D eigenvalue weighted by Crippen LogP contribution is 2.40. The minimum atomic E-state index is 0.300. The van der Waals surface area contributed by atoms with Crippen molar-refractivity contribution in [2.45, 2.75) is 19.3 Å². The SMILES string of the molecule is COc1ccc(C2=C(c3ccc(O)cc3)CCCc3ccccc32)cc1. The van der Waals surface area contributed by atoms with Crippen molar-refractivity contribution < 1.29 is 9.84 Å². The second kappa shape index (κ2) is 7.09. The van der Waals surface area contributed by atoms with Gasteiger partial charge in [-0.3, -0.25) is 0 Å². The molecule has 130 valence electrons. The minimum Gasteiger partial charge on any atom is -0.508 e. The van der Waals surface area contributed by atoms with Gasteiger partial charge in [-0.25, -0.2) is 0 Å². The summed E-state index contributed by atoms with van der Waals surface area (Å²) >= 11 is 0. The Morgan fingerprint density at radius 1 is 0.769 bits per heavy atom. The number of hydrogen-bond donors (Lipinski definition) is 1. The summed E-state index contributed by atoms with van der Waals surface area (Å²) < 4.78 is 5.33. The van der Waals surface area contributed by atoms with Gasteiger partial charge in [-0.15, -0.1) is 0 Å². The third kappa shape index (κ3) is 3.11. The normalized spacial score (nSPS) is 13.9. The van der Waals surface area contributed by atoms with Crippen LogP contribution in [0.25, 0.3) is 11.1 Å². The van der Waals surface area contributed by atoms with Crippen LogP contribution >= 0.6 is 0 Å². The fourth-order valence-corrected chi connectivity index (χ4v) is 3.76.